The van der Waals surface area contributed by atoms with Crippen molar-refractivity contribution in [1.29, 1.82) is 0 Å². The van der Waals surface area contributed by atoms with E-state index >= 15 is 0 Å². The van der Waals surface area contributed by atoms with Gasteiger partial charge in [-0.25, -0.2) is 0 Å². The van der Waals surface area contributed by atoms with Crippen molar-refractivity contribution in [2.75, 3.05) is 6.54 Å². The van der Waals surface area contributed by atoms with Crippen molar-refractivity contribution >= 4 is 0 Å². The lowest BCUT2D eigenvalue weighted by atomic mass is 9.90. The highest BCUT2D eigenvalue weighted by Crippen LogP contribution is 2.46. The van der Waals surface area contributed by atoms with Gasteiger partial charge in [-0.05, 0) is 24.1 Å². The number of benzene rings is 1. The van der Waals surface area contributed by atoms with Gasteiger partial charge in [-0.3, -0.25) is 0 Å². The maximum atomic E-state index is 12.9. The van der Waals surface area contributed by atoms with Gasteiger partial charge in [0.2, 0.25) is 0 Å². The maximum absolute atomic E-state index is 12.9. The first-order chi connectivity index (χ1) is 9.61. The third-order valence-corrected chi connectivity index (χ3v) is 3.18. The molecule has 0 aliphatic heterocycles. The standard InChI is InChI=1S/C14H17F6N/c1-3-9-6-5-7-10(8-9)11(21-4-2)12(13(15,16)17)14(18,19)20/h5-8,11-12,21H,3-4H2,1-2H3. The lowest BCUT2D eigenvalue weighted by Gasteiger charge is -2.31. The fourth-order valence-corrected chi connectivity index (χ4v) is 2.22. The van der Waals surface area contributed by atoms with Crippen LogP contribution in [-0.2, 0) is 6.42 Å². The Labute approximate surface area is 119 Å². The molecule has 0 bridgehead atoms. The molecule has 0 aromatic heterocycles. The fourth-order valence-electron chi connectivity index (χ4n) is 2.22. The van der Waals surface area contributed by atoms with Crippen molar-refractivity contribution in [1.82, 2.24) is 5.32 Å². The normalized spacial score (nSPS) is 14.5. The van der Waals surface area contributed by atoms with Crippen LogP contribution in [0.15, 0.2) is 24.3 Å². The number of alkyl halides is 6. The Hall–Kier alpha value is -1.24. The van der Waals surface area contributed by atoms with E-state index in [9.17, 15) is 26.3 Å². The van der Waals surface area contributed by atoms with E-state index in [1.807, 2.05) is 0 Å². The molecule has 1 nitrogen and oxygen atoms in total. The molecule has 0 fully saturated rings. The molecule has 1 rings (SSSR count). The second-order valence-electron chi connectivity index (χ2n) is 4.69. The molecule has 120 valence electrons. The Morgan fingerprint density at radius 3 is 2.00 bits per heavy atom. The number of halogens is 6. The van der Waals surface area contributed by atoms with Gasteiger partial charge in [0.15, 0.2) is 5.92 Å². The smallest absolute Gasteiger partial charge is 0.309 e. The van der Waals surface area contributed by atoms with Crippen LogP contribution in [0.2, 0.25) is 0 Å². The predicted octanol–water partition coefficient (Wildman–Crippen LogP) is 4.64. The van der Waals surface area contributed by atoms with E-state index in [-0.39, 0.29) is 12.1 Å². The van der Waals surface area contributed by atoms with Crippen molar-refractivity contribution in [2.45, 2.75) is 38.7 Å². The van der Waals surface area contributed by atoms with Crippen molar-refractivity contribution in [2.24, 2.45) is 5.92 Å². The summed E-state index contributed by atoms with van der Waals surface area (Å²) in [6.07, 6.45) is -10.2. The average Bonchev–Trinajstić information content (AvgIpc) is 2.35. The van der Waals surface area contributed by atoms with E-state index < -0.39 is 24.3 Å². The van der Waals surface area contributed by atoms with Gasteiger partial charge < -0.3 is 5.32 Å². The second kappa shape index (κ2) is 6.68. The fraction of sp³-hybridized carbons (Fsp3) is 0.571. The summed E-state index contributed by atoms with van der Waals surface area (Å²) in [5, 5.41) is 2.32. The first-order valence-corrected chi connectivity index (χ1v) is 6.56. The second-order valence-corrected chi connectivity index (χ2v) is 4.69. The van der Waals surface area contributed by atoms with Gasteiger partial charge in [-0.2, -0.15) is 26.3 Å². The van der Waals surface area contributed by atoms with E-state index in [1.165, 1.54) is 25.1 Å². The zero-order valence-electron chi connectivity index (χ0n) is 11.6. The van der Waals surface area contributed by atoms with Crippen molar-refractivity contribution in [3.05, 3.63) is 35.4 Å². The van der Waals surface area contributed by atoms with Gasteiger partial charge >= 0.3 is 12.4 Å². The van der Waals surface area contributed by atoms with E-state index in [2.05, 4.69) is 5.32 Å². The zero-order chi connectivity index (χ0) is 16.3. The van der Waals surface area contributed by atoms with Crippen LogP contribution in [0.4, 0.5) is 26.3 Å². The molecule has 0 spiro atoms. The molecule has 0 aliphatic rings. The quantitative estimate of drug-likeness (QED) is 0.781. The molecule has 0 heterocycles. The molecule has 0 aliphatic carbocycles. The number of hydrogen-bond donors (Lipinski definition) is 1. The van der Waals surface area contributed by atoms with Crippen LogP contribution in [0.5, 0.6) is 0 Å². The molecular weight excluding hydrogens is 296 g/mol. The Balaban J connectivity index is 3.30. The lowest BCUT2D eigenvalue weighted by molar-refractivity contribution is -0.292. The highest BCUT2D eigenvalue weighted by atomic mass is 19.4. The van der Waals surface area contributed by atoms with Crippen LogP contribution in [-0.4, -0.2) is 18.9 Å². The number of hydrogen-bond acceptors (Lipinski definition) is 1. The van der Waals surface area contributed by atoms with Gasteiger partial charge in [0.05, 0.1) is 6.04 Å². The van der Waals surface area contributed by atoms with Crippen LogP contribution in [0, 0.1) is 5.92 Å². The van der Waals surface area contributed by atoms with E-state index in [1.54, 1.807) is 13.0 Å². The van der Waals surface area contributed by atoms with E-state index in [4.69, 9.17) is 0 Å². The molecule has 1 unspecified atom stereocenters. The van der Waals surface area contributed by atoms with Gasteiger partial charge in [0.1, 0.15) is 0 Å². The van der Waals surface area contributed by atoms with Crippen LogP contribution in [0.3, 0.4) is 0 Å². The maximum Gasteiger partial charge on any atom is 0.402 e. The van der Waals surface area contributed by atoms with Gasteiger partial charge in [-0.1, -0.05) is 38.1 Å². The molecule has 0 saturated heterocycles. The molecule has 21 heavy (non-hydrogen) atoms. The molecule has 0 saturated carbocycles. The van der Waals surface area contributed by atoms with E-state index in [0.29, 0.717) is 12.0 Å². The first-order valence-electron chi connectivity index (χ1n) is 6.56. The Bertz CT molecular complexity index is 438. The molecule has 1 aromatic carbocycles. The van der Waals surface area contributed by atoms with Crippen LogP contribution < -0.4 is 5.32 Å². The summed E-state index contributed by atoms with van der Waals surface area (Å²) >= 11 is 0. The van der Waals surface area contributed by atoms with Crippen LogP contribution in [0.25, 0.3) is 0 Å². The number of nitrogens with one attached hydrogen (secondary N) is 1. The highest BCUT2D eigenvalue weighted by Gasteiger charge is 2.60. The molecule has 1 atom stereocenters. The minimum atomic E-state index is -5.37. The van der Waals surface area contributed by atoms with Gasteiger partial charge in [0, 0.05) is 0 Å². The van der Waals surface area contributed by atoms with Crippen LogP contribution in [0.1, 0.15) is 31.0 Å². The van der Waals surface area contributed by atoms with Crippen LogP contribution >= 0.6 is 0 Å². The Morgan fingerprint density at radius 1 is 1.00 bits per heavy atom. The summed E-state index contributed by atoms with van der Waals surface area (Å²) in [6, 6.07) is 3.97. The minimum Gasteiger partial charge on any atom is -0.309 e. The molecular formula is C14H17F6N. The third kappa shape index (κ3) is 4.62. The minimum absolute atomic E-state index is 0.00365. The first kappa shape index (κ1) is 17.8. The van der Waals surface area contributed by atoms with Crippen molar-refractivity contribution in [3.63, 3.8) is 0 Å². The third-order valence-electron chi connectivity index (χ3n) is 3.18. The highest BCUT2D eigenvalue weighted by molar-refractivity contribution is 5.27. The van der Waals surface area contributed by atoms with Crippen molar-refractivity contribution in [3.8, 4) is 0 Å². The average molecular weight is 313 g/mol. The summed E-state index contributed by atoms with van der Waals surface area (Å²) in [5.74, 6) is -3.43. The molecule has 1 aromatic rings. The summed E-state index contributed by atoms with van der Waals surface area (Å²) < 4.78 is 77.4. The monoisotopic (exact) mass is 313 g/mol. The zero-order valence-corrected chi connectivity index (χ0v) is 11.6. The van der Waals surface area contributed by atoms with E-state index in [0.717, 1.165) is 0 Å². The molecule has 0 radical (unpaired) electrons. The number of rotatable bonds is 5. The predicted molar refractivity (Wildman–Crippen MR) is 67.8 cm³/mol. The topological polar surface area (TPSA) is 12.0 Å². The van der Waals surface area contributed by atoms with Gasteiger partial charge in [0.25, 0.3) is 0 Å². The Kier molecular flexibility index (Phi) is 5.67. The number of aryl methyl sites for hydroxylation is 1. The summed E-state index contributed by atoms with van der Waals surface area (Å²) in [6.45, 7) is 3.26. The van der Waals surface area contributed by atoms with Crippen molar-refractivity contribution < 1.29 is 26.3 Å². The lowest BCUT2D eigenvalue weighted by Crippen LogP contribution is -2.45. The van der Waals surface area contributed by atoms with Gasteiger partial charge in [-0.15, -0.1) is 0 Å². The summed E-state index contributed by atoms with van der Waals surface area (Å²) in [7, 11) is 0. The molecule has 1 N–H and O–H groups in total. The Morgan fingerprint density at radius 2 is 1.57 bits per heavy atom. The summed E-state index contributed by atoms with van der Waals surface area (Å²) in [5.41, 5.74) is 0.689. The molecule has 0 amide bonds. The largest absolute Gasteiger partial charge is 0.402 e. The summed E-state index contributed by atoms with van der Waals surface area (Å²) in [4.78, 5) is 0. The molecule has 7 heteroatoms. The SMILES string of the molecule is CCNC(c1cccc(CC)c1)C(C(F)(F)F)C(F)(F)F.